The Bertz CT molecular complexity index is 627. The Kier molecular flexibility index (Phi) is 7.11. The van der Waals surface area contributed by atoms with Crippen molar-refractivity contribution in [1.29, 1.82) is 0 Å². The van der Waals surface area contributed by atoms with Gasteiger partial charge in [-0.25, -0.2) is 4.79 Å². The second kappa shape index (κ2) is 8.62. The number of nitrogens with zero attached hydrogens (tertiary/aromatic N) is 1. The van der Waals surface area contributed by atoms with Crippen LogP contribution in [-0.2, 0) is 20.9 Å². The van der Waals surface area contributed by atoms with E-state index in [0.717, 1.165) is 5.56 Å². The number of carbonyl (C=O) groups is 3. The number of nitrogens with one attached hydrogen (secondary N) is 1. The highest BCUT2D eigenvalue weighted by molar-refractivity contribution is 5.97. The van der Waals surface area contributed by atoms with Crippen molar-refractivity contribution in [3.05, 3.63) is 35.4 Å². The fourth-order valence-electron chi connectivity index (χ4n) is 2.32. The van der Waals surface area contributed by atoms with Crippen molar-refractivity contribution in [3.8, 4) is 0 Å². The third kappa shape index (κ3) is 5.56. The molecule has 1 rings (SSSR count). The Hall–Kier alpha value is -2.41. The molecular weight excluding hydrogens is 324 g/mol. The number of hydrogen-bond donors (Lipinski definition) is 2. The average molecular weight is 350 g/mol. The summed E-state index contributed by atoms with van der Waals surface area (Å²) in [6.45, 7) is 5.36. The van der Waals surface area contributed by atoms with Gasteiger partial charge in [0.05, 0.1) is 6.61 Å². The van der Waals surface area contributed by atoms with Crippen LogP contribution < -0.4 is 5.32 Å². The van der Waals surface area contributed by atoms with E-state index in [1.807, 2.05) is 13.8 Å². The summed E-state index contributed by atoms with van der Waals surface area (Å²) in [5.41, 5.74) is -0.287. The number of hydrogen-bond acceptors (Lipinski definition) is 4. The van der Waals surface area contributed by atoms with Crippen molar-refractivity contribution in [2.75, 3.05) is 20.8 Å². The highest BCUT2D eigenvalue weighted by Crippen LogP contribution is 2.11. The molecule has 0 bridgehead atoms. The minimum Gasteiger partial charge on any atom is -0.479 e. The molecule has 1 aromatic rings. The van der Waals surface area contributed by atoms with Crippen molar-refractivity contribution in [2.24, 2.45) is 5.92 Å². The summed E-state index contributed by atoms with van der Waals surface area (Å²) in [4.78, 5) is 37.1. The predicted octanol–water partition coefficient (Wildman–Crippen LogP) is 1.52. The maximum atomic E-state index is 12.3. The molecule has 1 atom stereocenters. The van der Waals surface area contributed by atoms with Gasteiger partial charge < -0.3 is 20.1 Å². The lowest BCUT2D eigenvalue weighted by Gasteiger charge is -2.25. The summed E-state index contributed by atoms with van der Waals surface area (Å²) in [6.07, 6.45) is 0. The Morgan fingerprint density at radius 1 is 1.24 bits per heavy atom. The van der Waals surface area contributed by atoms with E-state index in [1.54, 1.807) is 36.2 Å². The van der Waals surface area contributed by atoms with Crippen molar-refractivity contribution in [1.82, 2.24) is 10.2 Å². The lowest BCUT2D eigenvalue weighted by molar-refractivity contribution is -0.145. The molecule has 25 heavy (non-hydrogen) atoms. The third-order valence-electron chi connectivity index (χ3n) is 3.80. The van der Waals surface area contributed by atoms with Crippen LogP contribution in [0.3, 0.4) is 0 Å². The number of rotatable bonds is 8. The first-order valence-electron chi connectivity index (χ1n) is 7.99. The zero-order chi connectivity index (χ0) is 19.2. The SMILES string of the molecule is COCC(C)(NC(=O)c1ccc(CN(C)C(=O)C(C)C)cc1)C(=O)O. The molecule has 0 aromatic heterocycles. The van der Waals surface area contributed by atoms with Gasteiger partial charge in [-0.05, 0) is 24.6 Å². The van der Waals surface area contributed by atoms with Crippen molar-refractivity contribution in [2.45, 2.75) is 32.9 Å². The summed E-state index contributed by atoms with van der Waals surface area (Å²) in [5.74, 6) is -1.71. The quantitative estimate of drug-likeness (QED) is 0.741. The first-order chi connectivity index (χ1) is 11.6. The zero-order valence-corrected chi connectivity index (χ0v) is 15.3. The van der Waals surface area contributed by atoms with E-state index >= 15 is 0 Å². The van der Waals surface area contributed by atoms with Crippen LogP contribution in [0.5, 0.6) is 0 Å². The largest absolute Gasteiger partial charge is 0.479 e. The van der Waals surface area contributed by atoms with E-state index in [2.05, 4.69) is 5.32 Å². The topological polar surface area (TPSA) is 95.9 Å². The van der Waals surface area contributed by atoms with Gasteiger partial charge >= 0.3 is 5.97 Å². The summed E-state index contributed by atoms with van der Waals surface area (Å²) in [5, 5.41) is 11.7. The first-order valence-corrected chi connectivity index (χ1v) is 7.99. The lowest BCUT2D eigenvalue weighted by atomic mass is 10.0. The van der Waals surface area contributed by atoms with E-state index in [4.69, 9.17) is 4.74 Å². The Morgan fingerprint density at radius 2 is 1.80 bits per heavy atom. The van der Waals surface area contributed by atoms with Crippen LogP contribution in [0.25, 0.3) is 0 Å². The van der Waals surface area contributed by atoms with Gasteiger partial charge in [-0.15, -0.1) is 0 Å². The molecule has 0 saturated heterocycles. The van der Waals surface area contributed by atoms with Gasteiger partial charge in [-0.1, -0.05) is 26.0 Å². The number of amides is 2. The van der Waals surface area contributed by atoms with Crippen LogP contribution in [0.1, 0.15) is 36.7 Å². The van der Waals surface area contributed by atoms with Gasteiger partial charge in [0, 0.05) is 32.2 Å². The first kappa shape index (κ1) is 20.6. The van der Waals surface area contributed by atoms with Crippen molar-refractivity contribution < 1.29 is 24.2 Å². The molecule has 0 radical (unpaired) electrons. The molecule has 2 N–H and O–H groups in total. The van der Waals surface area contributed by atoms with Gasteiger partial charge in [-0.2, -0.15) is 0 Å². The van der Waals surface area contributed by atoms with E-state index in [-0.39, 0.29) is 18.4 Å². The molecule has 7 heteroatoms. The number of carboxylic acid groups (broad SMARTS) is 1. The number of ether oxygens (including phenoxy) is 1. The van der Waals surface area contributed by atoms with Crippen LogP contribution in [0, 0.1) is 5.92 Å². The molecule has 0 saturated carbocycles. The van der Waals surface area contributed by atoms with Gasteiger partial charge in [0.15, 0.2) is 5.54 Å². The Labute approximate surface area is 148 Å². The van der Waals surface area contributed by atoms with E-state index < -0.39 is 17.4 Å². The Balaban J connectivity index is 2.80. The number of methoxy groups -OCH3 is 1. The molecule has 0 heterocycles. The third-order valence-corrected chi connectivity index (χ3v) is 3.80. The summed E-state index contributed by atoms with van der Waals surface area (Å²) in [7, 11) is 3.10. The van der Waals surface area contributed by atoms with Crippen LogP contribution in [0.15, 0.2) is 24.3 Å². The van der Waals surface area contributed by atoms with E-state index in [9.17, 15) is 19.5 Å². The van der Waals surface area contributed by atoms with Gasteiger partial charge in [-0.3, -0.25) is 9.59 Å². The van der Waals surface area contributed by atoms with Crippen molar-refractivity contribution >= 4 is 17.8 Å². The standard InChI is InChI=1S/C18H26N2O5/c1-12(2)16(22)20(4)10-13-6-8-14(9-7-13)15(21)19-18(3,11-25-5)17(23)24/h6-9,12H,10-11H2,1-5H3,(H,19,21)(H,23,24). The second-order valence-corrected chi connectivity index (χ2v) is 6.57. The molecule has 0 aliphatic rings. The van der Waals surface area contributed by atoms with Crippen LogP contribution in [0.2, 0.25) is 0 Å². The van der Waals surface area contributed by atoms with Crippen molar-refractivity contribution in [3.63, 3.8) is 0 Å². The van der Waals surface area contributed by atoms with Crippen LogP contribution in [-0.4, -0.2) is 54.1 Å². The summed E-state index contributed by atoms with van der Waals surface area (Å²) >= 11 is 0. The summed E-state index contributed by atoms with van der Waals surface area (Å²) < 4.78 is 4.88. The lowest BCUT2D eigenvalue weighted by Crippen LogP contribution is -2.55. The number of aliphatic carboxylic acids is 1. The number of carbonyl (C=O) groups excluding carboxylic acids is 2. The molecule has 1 aromatic carbocycles. The van der Waals surface area contributed by atoms with Gasteiger partial charge in [0.1, 0.15) is 0 Å². The molecular formula is C18H26N2O5. The predicted molar refractivity (Wildman–Crippen MR) is 93.1 cm³/mol. The monoisotopic (exact) mass is 350 g/mol. The van der Waals surface area contributed by atoms with E-state index in [1.165, 1.54) is 14.0 Å². The van der Waals surface area contributed by atoms with Gasteiger partial charge in [0.25, 0.3) is 5.91 Å². The molecule has 0 aliphatic carbocycles. The fourth-order valence-corrected chi connectivity index (χ4v) is 2.32. The summed E-state index contributed by atoms with van der Waals surface area (Å²) in [6, 6.07) is 6.70. The molecule has 0 aliphatic heterocycles. The minimum atomic E-state index is -1.51. The highest BCUT2D eigenvalue weighted by Gasteiger charge is 2.35. The van der Waals surface area contributed by atoms with Gasteiger partial charge in [0.2, 0.25) is 5.91 Å². The fraction of sp³-hybridized carbons (Fsp3) is 0.500. The molecule has 0 fully saturated rings. The molecule has 0 spiro atoms. The smallest absolute Gasteiger partial charge is 0.331 e. The average Bonchev–Trinajstić information content (AvgIpc) is 2.54. The van der Waals surface area contributed by atoms with Crippen LogP contribution in [0.4, 0.5) is 0 Å². The van der Waals surface area contributed by atoms with E-state index in [0.29, 0.717) is 12.1 Å². The normalized spacial score (nSPS) is 13.2. The molecule has 7 nitrogen and oxygen atoms in total. The minimum absolute atomic E-state index is 0.0404. The second-order valence-electron chi connectivity index (χ2n) is 6.57. The van der Waals surface area contributed by atoms with Crippen LogP contribution >= 0.6 is 0 Å². The maximum Gasteiger partial charge on any atom is 0.331 e. The molecule has 138 valence electrons. The maximum absolute atomic E-state index is 12.3. The number of benzene rings is 1. The molecule has 1 unspecified atom stereocenters. The molecule has 2 amide bonds. The highest BCUT2D eigenvalue weighted by atomic mass is 16.5. The number of carboxylic acids is 1. The zero-order valence-electron chi connectivity index (χ0n) is 15.3. The Morgan fingerprint density at radius 3 is 2.24 bits per heavy atom.